The van der Waals surface area contributed by atoms with Crippen molar-refractivity contribution in [3.8, 4) is 0 Å². The molecule has 2 heteroatoms. The van der Waals surface area contributed by atoms with Crippen LogP contribution in [0.4, 0.5) is 0 Å². The van der Waals surface area contributed by atoms with Gasteiger partial charge in [0.15, 0.2) is 0 Å². The number of amides is 1. The zero-order chi connectivity index (χ0) is 11.4. The molecule has 0 fully saturated rings. The Bertz CT molecular complexity index is 136. The Morgan fingerprint density at radius 2 is 1.60 bits per heavy atom. The highest BCUT2D eigenvalue weighted by atomic mass is 16.1. The van der Waals surface area contributed by atoms with Gasteiger partial charge in [-0.1, -0.05) is 58.8 Å². The maximum atomic E-state index is 10.3. The summed E-state index contributed by atoms with van der Waals surface area (Å²) in [5.41, 5.74) is 0. The second-order valence-electron chi connectivity index (χ2n) is 4.30. The molecule has 1 N–H and O–H groups in total. The number of rotatable bonds is 11. The minimum Gasteiger partial charge on any atom is -0.356 e. The van der Waals surface area contributed by atoms with Crippen LogP contribution in [0, 0.1) is 0 Å². The molecule has 1 amide bonds. The lowest BCUT2D eigenvalue weighted by molar-refractivity contribution is -0.110. The van der Waals surface area contributed by atoms with Crippen LogP contribution in [0.1, 0.15) is 71.6 Å². The van der Waals surface area contributed by atoms with E-state index in [9.17, 15) is 4.79 Å². The van der Waals surface area contributed by atoms with E-state index in [1.54, 1.807) is 0 Å². The zero-order valence-electron chi connectivity index (χ0n) is 10.4. The molecular formula is C13H27NO. The van der Waals surface area contributed by atoms with Crippen molar-refractivity contribution in [3.05, 3.63) is 0 Å². The zero-order valence-corrected chi connectivity index (χ0v) is 10.4. The van der Waals surface area contributed by atoms with Gasteiger partial charge in [-0.2, -0.15) is 0 Å². The summed E-state index contributed by atoms with van der Waals surface area (Å²) in [5.74, 6) is 0. The summed E-state index contributed by atoms with van der Waals surface area (Å²) in [6, 6.07) is 0.401. The molecule has 2 nitrogen and oxygen atoms in total. The number of hydrogen-bond acceptors (Lipinski definition) is 1. The van der Waals surface area contributed by atoms with E-state index < -0.39 is 0 Å². The standard InChI is InChI=1S/C13H27NO/c1-3-5-6-7-8-9-10-11-13(4-2)14-12-15/h12-13H,3-11H2,1-2H3,(H,14,15). The summed E-state index contributed by atoms with van der Waals surface area (Å²) >= 11 is 0. The Hall–Kier alpha value is -0.530. The van der Waals surface area contributed by atoms with Gasteiger partial charge in [-0.3, -0.25) is 4.79 Å². The fourth-order valence-corrected chi connectivity index (χ4v) is 1.85. The number of carbonyl (C=O) groups is 1. The molecule has 0 aromatic heterocycles. The number of hydrogen-bond donors (Lipinski definition) is 1. The van der Waals surface area contributed by atoms with Crippen LogP contribution in [0.25, 0.3) is 0 Å². The maximum Gasteiger partial charge on any atom is 0.207 e. The molecule has 0 aromatic carbocycles. The molecule has 90 valence electrons. The molecule has 0 aliphatic heterocycles. The monoisotopic (exact) mass is 213 g/mol. The lowest BCUT2D eigenvalue weighted by Gasteiger charge is -2.12. The van der Waals surface area contributed by atoms with Gasteiger partial charge in [0.25, 0.3) is 0 Å². The summed E-state index contributed by atoms with van der Waals surface area (Å²) < 4.78 is 0. The van der Waals surface area contributed by atoms with Crippen LogP contribution in [-0.2, 0) is 4.79 Å². The van der Waals surface area contributed by atoms with Gasteiger partial charge in [-0.25, -0.2) is 0 Å². The summed E-state index contributed by atoms with van der Waals surface area (Å²) in [6.45, 7) is 4.37. The first-order chi connectivity index (χ1) is 7.35. The highest BCUT2D eigenvalue weighted by Gasteiger charge is 2.02. The molecule has 0 aliphatic carbocycles. The first-order valence-electron chi connectivity index (χ1n) is 6.54. The minimum atomic E-state index is 0.401. The Kier molecular flexibility index (Phi) is 11.1. The van der Waals surface area contributed by atoms with Gasteiger partial charge >= 0.3 is 0 Å². The summed E-state index contributed by atoms with van der Waals surface area (Å²) in [6.07, 6.45) is 12.4. The first-order valence-corrected chi connectivity index (χ1v) is 6.54. The quantitative estimate of drug-likeness (QED) is 0.412. The van der Waals surface area contributed by atoms with Crippen LogP contribution in [0.2, 0.25) is 0 Å². The van der Waals surface area contributed by atoms with Crippen molar-refractivity contribution in [1.82, 2.24) is 5.32 Å². The van der Waals surface area contributed by atoms with Gasteiger partial charge in [0, 0.05) is 6.04 Å². The van der Waals surface area contributed by atoms with Crippen LogP contribution in [0.5, 0.6) is 0 Å². The van der Waals surface area contributed by atoms with Crippen LogP contribution in [-0.4, -0.2) is 12.5 Å². The molecule has 15 heavy (non-hydrogen) atoms. The molecule has 0 radical (unpaired) electrons. The van der Waals surface area contributed by atoms with Crippen molar-refractivity contribution in [2.45, 2.75) is 77.7 Å². The minimum absolute atomic E-state index is 0.401. The Morgan fingerprint density at radius 3 is 2.13 bits per heavy atom. The molecule has 0 heterocycles. The van der Waals surface area contributed by atoms with E-state index in [1.165, 1.54) is 44.9 Å². The highest BCUT2D eigenvalue weighted by molar-refractivity contribution is 5.46. The second kappa shape index (κ2) is 11.5. The molecular weight excluding hydrogens is 186 g/mol. The average molecular weight is 213 g/mol. The largest absolute Gasteiger partial charge is 0.356 e. The van der Waals surface area contributed by atoms with Crippen LogP contribution >= 0.6 is 0 Å². The third kappa shape index (κ3) is 9.77. The van der Waals surface area contributed by atoms with Gasteiger partial charge in [-0.05, 0) is 12.8 Å². The number of carbonyl (C=O) groups excluding carboxylic acids is 1. The van der Waals surface area contributed by atoms with Crippen molar-refractivity contribution in [3.63, 3.8) is 0 Å². The first kappa shape index (κ1) is 14.5. The summed E-state index contributed by atoms with van der Waals surface area (Å²) in [7, 11) is 0. The van der Waals surface area contributed by atoms with E-state index in [0.29, 0.717) is 6.04 Å². The van der Waals surface area contributed by atoms with Crippen molar-refractivity contribution in [2.24, 2.45) is 0 Å². The van der Waals surface area contributed by atoms with Gasteiger partial charge in [0.05, 0.1) is 0 Å². The molecule has 0 saturated carbocycles. The molecule has 0 saturated heterocycles. The third-order valence-electron chi connectivity index (χ3n) is 2.95. The molecule has 1 unspecified atom stereocenters. The van der Waals surface area contributed by atoms with Crippen LogP contribution in [0.3, 0.4) is 0 Å². The fraction of sp³-hybridized carbons (Fsp3) is 0.923. The van der Waals surface area contributed by atoms with Gasteiger partial charge in [-0.15, -0.1) is 0 Å². The maximum absolute atomic E-state index is 10.3. The van der Waals surface area contributed by atoms with Crippen molar-refractivity contribution in [1.29, 1.82) is 0 Å². The van der Waals surface area contributed by atoms with E-state index in [2.05, 4.69) is 19.2 Å². The van der Waals surface area contributed by atoms with E-state index in [4.69, 9.17) is 0 Å². The average Bonchev–Trinajstić information content (AvgIpc) is 2.26. The Labute approximate surface area is 94.8 Å². The van der Waals surface area contributed by atoms with Crippen LogP contribution in [0.15, 0.2) is 0 Å². The van der Waals surface area contributed by atoms with E-state index >= 15 is 0 Å². The third-order valence-corrected chi connectivity index (χ3v) is 2.95. The number of nitrogens with one attached hydrogen (secondary N) is 1. The van der Waals surface area contributed by atoms with Crippen molar-refractivity contribution < 1.29 is 4.79 Å². The van der Waals surface area contributed by atoms with Crippen molar-refractivity contribution in [2.75, 3.05) is 0 Å². The van der Waals surface area contributed by atoms with E-state index in [0.717, 1.165) is 19.3 Å². The Balaban J connectivity index is 3.17. The lowest BCUT2D eigenvalue weighted by Crippen LogP contribution is -2.26. The predicted molar refractivity (Wildman–Crippen MR) is 65.9 cm³/mol. The fourth-order valence-electron chi connectivity index (χ4n) is 1.85. The summed E-state index contributed by atoms with van der Waals surface area (Å²) in [5, 5.41) is 2.86. The molecule has 0 bridgehead atoms. The second-order valence-corrected chi connectivity index (χ2v) is 4.30. The van der Waals surface area contributed by atoms with Gasteiger partial charge < -0.3 is 5.32 Å². The van der Waals surface area contributed by atoms with Gasteiger partial charge in [0.2, 0.25) is 6.41 Å². The smallest absolute Gasteiger partial charge is 0.207 e. The molecule has 0 aromatic rings. The Morgan fingerprint density at radius 1 is 1.00 bits per heavy atom. The molecule has 1 atom stereocenters. The lowest BCUT2D eigenvalue weighted by atomic mass is 10.0. The normalized spacial score (nSPS) is 12.4. The molecule has 0 rings (SSSR count). The van der Waals surface area contributed by atoms with E-state index in [1.807, 2.05) is 0 Å². The number of unbranched alkanes of at least 4 members (excludes halogenated alkanes) is 6. The van der Waals surface area contributed by atoms with Crippen molar-refractivity contribution >= 4 is 6.41 Å². The topological polar surface area (TPSA) is 29.1 Å². The highest BCUT2D eigenvalue weighted by Crippen LogP contribution is 2.10. The predicted octanol–water partition coefficient (Wildman–Crippen LogP) is 3.65. The summed E-state index contributed by atoms with van der Waals surface area (Å²) in [4.78, 5) is 10.3. The molecule has 0 aliphatic rings. The van der Waals surface area contributed by atoms with Gasteiger partial charge in [0.1, 0.15) is 0 Å². The molecule has 0 spiro atoms. The van der Waals surface area contributed by atoms with E-state index in [-0.39, 0.29) is 0 Å². The SMILES string of the molecule is CCCCCCCCCC(CC)NC=O. The van der Waals surface area contributed by atoms with Crippen LogP contribution < -0.4 is 5.32 Å².